The lowest BCUT2D eigenvalue weighted by Gasteiger charge is -2.05. The first-order valence-corrected chi connectivity index (χ1v) is 6.51. The molecule has 3 aromatic rings. The van der Waals surface area contributed by atoms with Crippen molar-refractivity contribution in [1.82, 2.24) is 29.3 Å². The number of pyridine rings is 1. The fourth-order valence-corrected chi connectivity index (χ4v) is 2.52. The molecule has 9 heteroatoms. The minimum atomic E-state index is -0.221. The number of hydrogen-bond acceptors (Lipinski definition) is 5. The summed E-state index contributed by atoms with van der Waals surface area (Å²) < 4.78 is 4.15. The number of hydrogen-bond donors (Lipinski definition) is 1. The molecule has 3 aromatic heterocycles. The van der Waals surface area contributed by atoms with E-state index >= 15 is 0 Å². The third-order valence-electron chi connectivity index (χ3n) is 2.73. The molecule has 0 radical (unpaired) electrons. The summed E-state index contributed by atoms with van der Waals surface area (Å²) >= 11 is 3.44. The molecule has 1 amide bonds. The summed E-state index contributed by atoms with van der Waals surface area (Å²) in [4.78, 5) is 23.7. The molecular weight excluding hydrogens is 326 g/mol. The lowest BCUT2D eigenvalue weighted by molar-refractivity contribution is -0.114. The molecule has 0 spiro atoms. The molecule has 0 aliphatic carbocycles. The zero-order chi connectivity index (χ0) is 14.3. The number of nitrogens with zero attached hydrogens (tertiary/aromatic N) is 6. The Hall–Kier alpha value is -2.29. The maximum Gasteiger partial charge on any atom is 0.235 e. The van der Waals surface area contributed by atoms with Gasteiger partial charge < -0.3 is 4.57 Å². The molecular formula is C11H10BrN7O. The van der Waals surface area contributed by atoms with Gasteiger partial charge in [-0.1, -0.05) is 0 Å². The lowest BCUT2D eigenvalue weighted by Crippen LogP contribution is -2.14. The van der Waals surface area contributed by atoms with Crippen LogP contribution in [0.1, 0.15) is 6.92 Å². The molecule has 0 bridgehead atoms. The van der Waals surface area contributed by atoms with Crippen LogP contribution < -0.4 is 5.32 Å². The Morgan fingerprint density at radius 2 is 2.20 bits per heavy atom. The van der Waals surface area contributed by atoms with Crippen LogP contribution in [0.4, 0.5) is 5.95 Å². The largest absolute Gasteiger partial charge is 0.310 e. The highest BCUT2D eigenvalue weighted by Gasteiger charge is 2.16. The maximum atomic E-state index is 11.2. The number of carbonyl (C=O) groups excluding carboxylic acids is 1. The van der Waals surface area contributed by atoms with Gasteiger partial charge >= 0.3 is 0 Å². The Morgan fingerprint density at radius 1 is 1.40 bits per heavy atom. The Balaban J connectivity index is 2.20. The van der Waals surface area contributed by atoms with Gasteiger partial charge in [0, 0.05) is 20.2 Å². The molecule has 0 atom stereocenters. The van der Waals surface area contributed by atoms with Gasteiger partial charge in [-0.15, -0.1) is 0 Å². The van der Waals surface area contributed by atoms with Crippen molar-refractivity contribution in [2.75, 3.05) is 5.32 Å². The zero-order valence-corrected chi connectivity index (χ0v) is 12.3. The number of carbonyl (C=O) groups is 1. The van der Waals surface area contributed by atoms with E-state index in [9.17, 15) is 4.79 Å². The zero-order valence-electron chi connectivity index (χ0n) is 10.7. The van der Waals surface area contributed by atoms with E-state index in [1.807, 2.05) is 11.6 Å². The molecule has 1 N–H and O–H groups in total. The van der Waals surface area contributed by atoms with Crippen molar-refractivity contribution in [2.24, 2.45) is 7.05 Å². The van der Waals surface area contributed by atoms with Crippen LogP contribution in [0.25, 0.3) is 17.0 Å². The predicted octanol–water partition coefficient (Wildman–Crippen LogP) is 1.27. The maximum absolute atomic E-state index is 11.2. The van der Waals surface area contributed by atoms with Gasteiger partial charge in [-0.3, -0.25) is 15.1 Å². The number of rotatable bonds is 2. The van der Waals surface area contributed by atoms with Crippen molar-refractivity contribution < 1.29 is 4.79 Å². The van der Waals surface area contributed by atoms with E-state index in [2.05, 4.69) is 41.3 Å². The van der Waals surface area contributed by atoms with Crippen LogP contribution in [-0.2, 0) is 11.8 Å². The van der Waals surface area contributed by atoms with E-state index in [0.29, 0.717) is 11.9 Å². The summed E-state index contributed by atoms with van der Waals surface area (Å²) in [5.74, 6) is 0.635. The first-order chi connectivity index (χ1) is 9.58. The molecule has 3 rings (SSSR count). The van der Waals surface area contributed by atoms with Crippen LogP contribution in [0, 0.1) is 0 Å². The average molecular weight is 336 g/mol. The highest BCUT2D eigenvalue weighted by Crippen LogP contribution is 2.24. The Bertz CT molecular complexity index is 806. The van der Waals surface area contributed by atoms with E-state index in [1.165, 1.54) is 17.9 Å². The standard InChI is InChI=1S/C11H10BrN7O/c1-6(20)16-10-14-5-15-19(10)11-17-8-4-13-3-7(12)9(8)18(11)2/h3-5H,1-2H3,(H,14,15,16,20). The van der Waals surface area contributed by atoms with Gasteiger partial charge in [-0.05, 0) is 15.9 Å². The quantitative estimate of drug-likeness (QED) is 0.761. The summed E-state index contributed by atoms with van der Waals surface area (Å²) in [6.07, 6.45) is 4.72. The fourth-order valence-electron chi connectivity index (χ4n) is 1.93. The average Bonchev–Trinajstić information content (AvgIpc) is 2.94. The van der Waals surface area contributed by atoms with E-state index in [0.717, 1.165) is 15.5 Å². The summed E-state index contributed by atoms with van der Waals surface area (Å²) in [5.41, 5.74) is 1.61. The van der Waals surface area contributed by atoms with Crippen molar-refractivity contribution in [3.63, 3.8) is 0 Å². The van der Waals surface area contributed by atoms with Crippen molar-refractivity contribution >= 4 is 38.8 Å². The van der Waals surface area contributed by atoms with Crippen LogP contribution in [0.3, 0.4) is 0 Å². The number of fused-ring (bicyclic) bond motifs is 1. The van der Waals surface area contributed by atoms with Crippen molar-refractivity contribution in [3.8, 4) is 5.95 Å². The van der Waals surface area contributed by atoms with Crippen LogP contribution in [0.5, 0.6) is 0 Å². The van der Waals surface area contributed by atoms with Gasteiger partial charge in [0.2, 0.25) is 17.8 Å². The summed E-state index contributed by atoms with van der Waals surface area (Å²) in [7, 11) is 1.86. The molecule has 0 saturated carbocycles. The highest BCUT2D eigenvalue weighted by molar-refractivity contribution is 9.10. The number of nitrogens with one attached hydrogen (secondary N) is 1. The third-order valence-corrected chi connectivity index (χ3v) is 3.31. The SMILES string of the molecule is CC(=O)Nc1ncnn1-c1nc2cncc(Br)c2n1C. The summed E-state index contributed by atoms with van der Waals surface area (Å²) in [6.45, 7) is 1.41. The number of amides is 1. The van der Waals surface area contributed by atoms with Crippen LogP contribution in [-0.4, -0.2) is 35.2 Å². The van der Waals surface area contributed by atoms with E-state index in [4.69, 9.17) is 0 Å². The van der Waals surface area contributed by atoms with Crippen molar-refractivity contribution in [3.05, 3.63) is 23.2 Å². The van der Waals surface area contributed by atoms with Crippen molar-refractivity contribution in [2.45, 2.75) is 6.92 Å². The molecule has 0 saturated heterocycles. The topological polar surface area (TPSA) is 90.5 Å². The van der Waals surface area contributed by atoms with Gasteiger partial charge in [0.05, 0.1) is 16.2 Å². The molecule has 8 nitrogen and oxygen atoms in total. The van der Waals surface area contributed by atoms with Gasteiger partial charge in [0.25, 0.3) is 0 Å². The molecule has 0 unspecified atom stereocenters. The van der Waals surface area contributed by atoms with Gasteiger partial charge in [0.1, 0.15) is 11.8 Å². The molecule has 102 valence electrons. The molecule has 0 fully saturated rings. The van der Waals surface area contributed by atoms with Crippen LogP contribution in [0.2, 0.25) is 0 Å². The van der Waals surface area contributed by atoms with E-state index in [-0.39, 0.29) is 5.91 Å². The molecule has 3 heterocycles. The van der Waals surface area contributed by atoms with Crippen molar-refractivity contribution in [1.29, 1.82) is 0 Å². The second-order valence-corrected chi connectivity index (χ2v) is 4.99. The Morgan fingerprint density at radius 3 is 2.90 bits per heavy atom. The number of aromatic nitrogens is 6. The first-order valence-electron chi connectivity index (χ1n) is 5.72. The molecule has 0 aromatic carbocycles. The Labute approximate surface area is 122 Å². The molecule has 0 aliphatic rings. The number of imidazole rings is 1. The predicted molar refractivity (Wildman–Crippen MR) is 75.4 cm³/mol. The monoisotopic (exact) mass is 335 g/mol. The smallest absolute Gasteiger partial charge is 0.235 e. The van der Waals surface area contributed by atoms with Gasteiger partial charge in [0.15, 0.2) is 0 Å². The first kappa shape index (κ1) is 12.7. The summed E-state index contributed by atoms with van der Waals surface area (Å²) in [5, 5.41) is 6.70. The van der Waals surface area contributed by atoms with E-state index in [1.54, 1.807) is 12.4 Å². The van der Waals surface area contributed by atoms with Crippen LogP contribution in [0.15, 0.2) is 23.2 Å². The highest BCUT2D eigenvalue weighted by atomic mass is 79.9. The second-order valence-electron chi connectivity index (χ2n) is 4.14. The summed E-state index contributed by atoms with van der Waals surface area (Å²) in [6, 6.07) is 0. The van der Waals surface area contributed by atoms with Crippen LogP contribution >= 0.6 is 15.9 Å². The number of aryl methyl sites for hydroxylation is 1. The molecule has 0 aliphatic heterocycles. The van der Waals surface area contributed by atoms with E-state index < -0.39 is 0 Å². The minimum absolute atomic E-state index is 0.221. The second kappa shape index (κ2) is 4.67. The fraction of sp³-hybridized carbons (Fsp3) is 0.182. The minimum Gasteiger partial charge on any atom is -0.310 e. The van der Waals surface area contributed by atoms with Gasteiger partial charge in [-0.25, -0.2) is 4.98 Å². The number of halogens is 1. The third kappa shape index (κ3) is 1.95. The normalized spacial score (nSPS) is 10.9. The lowest BCUT2D eigenvalue weighted by atomic mass is 10.4. The van der Waals surface area contributed by atoms with Gasteiger partial charge in [-0.2, -0.15) is 14.8 Å². The Kier molecular flexibility index (Phi) is 2.97. The number of anilines is 1. The molecule has 20 heavy (non-hydrogen) atoms.